The second-order valence-corrected chi connectivity index (χ2v) is 7.91. The molecule has 0 N–H and O–H groups in total. The van der Waals surface area contributed by atoms with Crippen LogP contribution in [0.15, 0.2) is 106 Å². The predicted molar refractivity (Wildman–Crippen MR) is 125 cm³/mol. The molecule has 5 heteroatoms. The fourth-order valence-corrected chi connectivity index (χ4v) is 3.60. The van der Waals surface area contributed by atoms with Gasteiger partial charge in [0, 0.05) is 6.20 Å². The fourth-order valence-electron chi connectivity index (χ4n) is 3.13. The average molecular weight is 476 g/mol. The zero-order valence-corrected chi connectivity index (χ0v) is 18.5. The molecular formula is C26H22BrNO3. The number of benzene rings is 3. The van der Waals surface area contributed by atoms with Crippen LogP contribution in [0.2, 0.25) is 0 Å². The number of hydrogen-bond donors (Lipinski definition) is 0. The van der Waals surface area contributed by atoms with Crippen molar-refractivity contribution >= 4 is 15.9 Å². The minimum absolute atomic E-state index is 0.130. The normalized spacial score (nSPS) is 10.6. The van der Waals surface area contributed by atoms with Crippen LogP contribution in [-0.2, 0) is 19.8 Å². The summed E-state index contributed by atoms with van der Waals surface area (Å²) in [5.74, 6) is 1.33. The SMILES string of the molecule is O=c1c(Br)c(OCc2ccccc2)ccn1Cc1ccc(OCc2ccccc2)cc1. The topological polar surface area (TPSA) is 40.5 Å². The van der Waals surface area contributed by atoms with Gasteiger partial charge in [-0.25, -0.2) is 0 Å². The summed E-state index contributed by atoms with van der Waals surface area (Å²) < 4.78 is 13.7. The number of pyridine rings is 1. The number of halogens is 1. The predicted octanol–water partition coefficient (Wildman–Crippen LogP) is 5.82. The van der Waals surface area contributed by atoms with Gasteiger partial charge in [-0.1, -0.05) is 72.8 Å². The standard InChI is InChI=1S/C26H22BrNO3/c27-25-24(31-19-22-9-5-2-6-10-22)15-16-28(26(25)29)17-20-11-13-23(14-12-20)30-18-21-7-3-1-4-8-21/h1-16H,17-19H2. The quantitative estimate of drug-likeness (QED) is 0.322. The van der Waals surface area contributed by atoms with Crippen molar-refractivity contribution in [1.29, 1.82) is 0 Å². The van der Waals surface area contributed by atoms with Crippen molar-refractivity contribution in [2.45, 2.75) is 19.8 Å². The van der Waals surface area contributed by atoms with Gasteiger partial charge in [-0.05, 0) is 50.8 Å². The summed E-state index contributed by atoms with van der Waals surface area (Å²) in [6, 6.07) is 29.5. The van der Waals surface area contributed by atoms with E-state index in [0.29, 0.717) is 30.0 Å². The second kappa shape index (κ2) is 10.1. The molecule has 4 aromatic rings. The zero-order valence-electron chi connectivity index (χ0n) is 16.9. The van der Waals surface area contributed by atoms with E-state index in [2.05, 4.69) is 15.9 Å². The van der Waals surface area contributed by atoms with Crippen LogP contribution in [0.25, 0.3) is 0 Å². The van der Waals surface area contributed by atoms with Gasteiger partial charge in [-0.2, -0.15) is 0 Å². The molecule has 0 aliphatic carbocycles. The van der Waals surface area contributed by atoms with Gasteiger partial charge in [0.15, 0.2) is 0 Å². The minimum Gasteiger partial charge on any atom is -0.489 e. The molecule has 4 rings (SSSR count). The molecule has 0 radical (unpaired) electrons. The Morgan fingerprint density at radius 2 is 1.26 bits per heavy atom. The maximum Gasteiger partial charge on any atom is 0.268 e. The monoisotopic (exact) mass is 475 g/mol. The largest absolute Gasteiger partial charge is 0.489 e. The van der Waals surface area contributed by atoms with Crippen LogP contribution in [0, 0.1) is 0 Å². The molecule has 31 heavy (non-hydrogen) atoms. The molecule has 0 spiro atoms. The summed E-state index contributed by atoms with van der Waals surface area (Å²) >= 11 is 3.39. The first-order chi connectivity index (χ1) is 15.2. The van der Waals surface area contributed by atoms with Gasteiger partial charge in [0.2, 0.25) is 0 Å². The highest BCUT2D eigenvalue weighted by Crippen LogP contribution is 2.22. The van der Waals surface area contributed by atoms with Gasteiger partial charge in [0.25, 0.3) is 5.56 Å². The van der Waals surface area contributed by atoms with E-state index in [1.54, 1.807) is 10.8 Å². The van der Waals surface area contributed by atoms with E-state index in [9.17, 15) is 4.79 Å². The van der Waals surface area contributed by atoms with E-state index in [-0.39, 0.29) is 5.56 Å². The van der Waals surface area contributed by atoms with Crippen molar-refractivity contribution in [3.63, 3.8) is 0 Å². The molecule has 1 aromatic heterocycles. The Kier molecular flexibility index (Phi) is 6.85. The Hall–Kier alpha value is -3.31. The highest BCUT2D eigenvalue weighted by Gasteiger charge is 2.09. The van der Waals surface area contributed by atoms with Crippen LogP contribution in [0.1, 0.15) is 16.7 Å². The molecule has 0 aliphatic rings. The van der Waals surface area contributed by atoms with Gasteiger partial charge < -0.3 is 14.0 Å². The smallest absolute Gasteiger partial charge is 0.268 e. The van der Waals surface area contributed by atoms with Crippen LogP contribution >= 0.6 is 15.9 Å². The third-order valence-electron chi connectivity index (χ3n) is 4.83. The Bertz CT molecular complexity index is 1170. The van der Waals surface area contributed by atoms with Crippen molar-refractivity contribution in [1.82, 2.24) is 4.57 Å². The third-order valence-corrected chi connectivity index (χ3v) is 5.56. The molecule has 0 atom stereocenters. The van der Waals surface area contributed by atoms with Crippen molar-refractivity contribution in [2.75, 3.05) is 0 Å². The highest BCUT2D eigenvalue weighted by atomic mass is 79.9. The molecule has 0 amide bonds. The number of hydrogen-bond acceptors (Lipinski definition) is 3. The molecule has 0 unspecified atom stereocenters. The molecule has 0 saturated heterocycles. The van der Waals surface area contributed by atoms with Crippen molar-refractivity contribution in [3.05, 3.63) is 129 Å². The molecule has 1 heterocycles. The summed E-state index contributed by atoms with van der Waals surface area (Å²) in [6.45, 7) is 1.40. The summed E-state index contributed by atoms with van der Waals surface area (Å²) in [5.41, 5.74) is 3.06. The fraction of sp³-hybridized carbons (Fsp3) is 0.115. The summed E-state index contributed by atoms with van der Waals surface area (Å²) in [6.07, 6.45) is 1.76. The lowest BCUT2D eigenvalue weighted by molar-refractivity contribution is 0.302. The minimum atomic E-state index is -0.130. The Labute approximate surface area is 189 Å². The second-order valence-electron chi connectivity index (χ2n) is 7.12. The zero-order chi connectivity index (χ0) is 21.5. The van der Waals surface area contributed by atoms with E-state index in [0.717, 1.165) is 22.4 Å². The molecule has 0 saturated carbocycles. The number of ether oxygens (including phenoxy) is 2. The van der Waals surface area contributed by atoms with Gasteiger partial charge in [-0.15, -0.1) is 0 Å². The number of aromatic nitrogens is 1. The Morgan fingerprint density at radius 1 is 0.677 bits per heavy atom. The summed E-state index contributed by atoms with van der Waals surface area (Å²) in [5, 5.41) is 0. The highest BCUT2D eigenvalue weighted by molar-refractivity contribution is 9.10. The number of rotatable bonds is 8. The van der Waals surface area contributed by atoms with Crippen LogP contribution < -0.4 is 15.0 Å². The molecule has 0 bridgehead atoms. The van der Waals surface area contributed by atoms with E-state index < -0.39 is 0 Å². The van der Waals surface area contributed by atoms with Crippen molar-refractivity contribution in [3.8, 4) is 11.5 Å². The van der Waals surface area contributed by atoms with Crippen LogP contribution in [0.3, 0.4) is 0 Å². The van der Waals surface area contributed by atoms with E-state index in [1.165, 1.54) is 0 Å². The van der Waals surface area contributed by atoms with Gasteiger partial charge in [0.1, 0.15) is 29.2 Å². The molecule has 3 aromatic carbocycles. The van der Waals surface area contributed by atoms with Crippen LogP contribution in [-0.4, -0.2) is 4.57 Å². The first-order valence-corrected chi connectivity index (χ1v) is 10.8. The van der Waals surface area contributed by atoms with Crippen molar-refractivity contribution in [2.24, 2.45) is 0 Å². The molecular weight excluding hydrogens is 454 g/mol. The lowest BCUT2D eigenvalue weighted by Gasteiger charge is -2.12. The van der Waals surface area contributed by atoms with Crippen LogP contribution in [0.5, 0.6) is 11.5 Å². The Balaban J connectivity index is 1.38. The molecule has 4 nitrogen and oxygen atoms in total. The average Bonchev–Trinajstić information content (AvgIpc) is 2.82. The first kappa shape index (κ1) is 20.9. The van der Waals surface area contributed by atoms with E-state index >= 15 is 0 Å². The molecule has 0 aliphatic heterocycles. The summed E-state index contributed by atoms with van der Waals surface area (Å²) in [7, 11) is 0. The lowest BCUT2D eigenvalue weighted by atomic mass is 10.2. The molecule has 156 valence electrons. The van der Waals surface area contributed by atoms with Crippen molar-refractivity contribution < 1.29 is 9.47 Å². The third kappa shape index (κ3) is 5.64. The summed E-state index contributed by atoms with van der Waals surface area (Å²) in [4.78, 5) is 12.7. The lowest BCUT2D eigenvalue weighted by Crippen LogP contribution is -2.21. The van der Waals surface area contributed by atoms with Gasteiger partial charge in [-0.3, -0.25) is 4.79 Å². The number of nitrogens with zero attached hydrogens (tertiary/aromatic N) is 1. The van der Waals surface area contributed by atoms with E-state index in [4.69, 9.17) is 9.47 Å². The maximum absolute atomic E-state index is 12.7. The molecule has 0 fully saturated rings. The van der Waals surface area contributed by atoms with Crippen LogP contribution in [0.4, 0.5) is 0 Å². The Morgan fingerprint density at radius 3 is 1.87 bits per heavy atom. The van der Waals surface area contributed by atoms with E-state index in [1.807, 2.05) is 91.0 Å². The van der Waals surface area contributed by atoms with Gasteiger partial charge in [0.05, 0.1) is 6.54 Å². The maximum atomic E-state index is 12.7. The van der Waals surface area contributed by atoms with Gasteiger partial charge >= 0.3 is 0 Å². The first-order valence-electron chi connectivity index (χ1n) is 10.0.